The second-order valence-corrected chi connectivity index (χ2v) is 13.4. The van der Waals surface area contributed by atoms with Gasteiger partial charge in [-0.25, -0.2) is 0 Å². The fraction of sp³-hybridized carbons (Fsp3) is 1.00. The van der Waals surface area contributed by atoms with Gasteiger partial charge in [0.25, 0.3) is 0 Å². The first-order chi connectivity index (χ1) is 25.8. The average Bonchev–Trinajstić information content (AvgIpc) is 3.17. The third kappa shape index (κ3) is 45.7. The molecule has 52 heavy (non-hydrogen) atoms. The molecule has 1 rings (SSSR count). The van der Waals surface area contributed by atoms with E-state index in [1.165, 1.54) is 109 Å². The van der Waals surface area contributed by atoms with Crippen molar-refractivity contribution in [2.75, 3.05) is 127 Å². The normalized spacial score (nSPS) is 14.5. The van der Waals surface area contributed by atoms with E-state index in [0.717, 1.165) is 52.1 Å². The van der Waals surface area contributed by atoms with Gasteiger partial charge in [-0.05, 0) is 44.9 Å². The molecule has 1 unspecified atom stereocenters. The number of unbranched alkanes of at least 4 members (excludes halogenated alkanes) is 16. The van der Waals surface area contributed by atoms with Gasteiger partial charge < -0.3 is 52.5 Å². The zero-order chi connectivity index (χ0) is 37.5. The minimum Gasteiger partial charge on any atom is -0.396 e. The zero-order valence-electron chi connectivity index (χ0n) is 34.0. The Morgan fingerprint density at radius 3 is 1.06 bits per heavy atom. The number of methoxy groups -OCH3 is 2. The first kappa shape index (κ1) is 51.6. The molecule has 314 valence electrons. The number of hydrogen-bond donors (Lipinski definition) is 1. The van der Waals surface area contributed by atoms with E-state index in [0.29, 0.717) is 85.9 Å². The van der Waals surface area contributed by atoms with Crippen LogP contribution in [0.1, 0.15) is 135 Å². The van der Waals surface area contributed by atoms with Gasteiger partial charge in [0.15, 0.2) is 6.29 Å². The number of aliphatic hydroxyl groups excluding tert-OH is 1. The Kier molecular flexibility index (Phi) is 48.2. The van der Waals surface area contributed by atoms with Crippen LogP contribution in [0.3, 0.4) is 0 Å². The summed E-state index contributed by atoms with van der Waals surface area (Å²) < 4.78 is 53.7. The lowest BCUT2D eigenvalue weighted by Gasteiger charge is -2.22. The fourth-order valence-electron chi connectivity index (χ4n) is 5.52. The lowest BCUT2D eigenvalue weighted by atomic mass is 10.1. The predicted octanol–water partition coefficient (Wildman–Crippen LogP) is 7.92. The average molecular weight is 753 g/mol. The van der Waals surface area contributed by atoms with Crippen molar-refractivity contribution in [2.45, 2.75) is 141 Å². The van der Waals surface area contributed by atoms with E-state index in [4.69, 9.17) is 52.5 Å². The van der Waals surface area contributed by atoms with Crippen molar-refractivity contribution in [3.05, 3.63) is 0 Å². The molecule has 11 nitrogen and oxygen atoms in total. The molecule has 1 N–H and O–H groups in total. The van der Waals surface area contributed by atoms with Crippen LogP contribution in [0.25, 0.3) is 0 Å². The third-order valence-corrected chi connectivity index (χ3v) is 8.67. The van der Waals surface area contributed by atoms with E-state index < -0.39 is 0 Å². The highest BCUT2D eigenvalue weighted by Crippen LogP contribution is 2.15. The van der Waals surface area contributed by atoms with Crippen LogP contribution in [0.4, 0.5) is 0 Å². The minimum absolute atomic E-state index is 0.0751. The van der Waals surface area contributed by atoms with E-state index >= 15 is 0 Å². The Morgan fingerprint density at radius 1 is 0.385 bits per heavy atom. The highest BCUT2D eigenvalue weighted by Gasteiger charge is 2.13. The van der Waals surface area contributed by atoms with Gasteiger partial charge in [-0.2, -0.15) is 0 Å². The Labute approximate surface area is 319 Å². The quantitative estimate of drug-likeness (QED) is 0.0614. The maximum atomic E-state index is 8.68. The Balaban J connectivity index is 0.00000103. The summed E-state index contributed by atoms with van der Waals surface area (Å²) in [6.45, 7) is 11.4. The highest BCUT2D eigenvalue weighted by molar-refractivity contribution is 4.54. The van der Waals surface area contributed by atoms with Crippen molar-refractivity contribution in [3.63, 3.8) is 0 Å². The third-order valence-electron chi connectivity index (χ3n) is 8.67. The largest absolute Gasteiger partial charge is 0.396 e. The maximum Gasteiger partial charge on any atom is 0.157 e. The van der Waals surface area contributed by atoms with Gasteiger partial charge in [-0.15, -0.1) is 0 Å². The molecular formula is C41H84O11. The van der Waals surface area contributed by atoms with Crippen LogP contribution < -0.4 is 0 Å². The molecule has 0 spiro atoms. The summed E-state index contributed by atoms with van der Waals surface area (Å²) in [7, 11) is 3.34. The van der Waals surface area contributed by atoms with Crippen LogP contribution >= 0.6 is 0 Å². The van der Waals surface area contributed by atoms with E-state index in [1.807, 2.05) is 0 Å². The van der Waals surface area contributed by atoms with Crippen LogP contribution in [0.2, 0.25) is 0 Å². The van der Waals surface area contributed by atoms with Gasteiger partial charge in [0.2, 0.25) is 0 Å². The molecule has 0 aliphatic carbocycles. The summed E-state index contributed by atoms with van der Waals surface area (Å²) in [5, 5.41) is 8.68. The lowest BCUT2D eigenvalue weighted by molar-refractivity contribution is -0.162. The van der Waals surface area contributed by atoms with Gasteiger partial charge in [0, 0.05) is 47.3 Å². The molecule has 11 heteroatoms. The number of rotatable bonds is 42. The van der Waals surface area contributed by atoms with E-state index in [1.54, 1.807) is 14.2 Å². The van der Waals surface area contributed by atoms with Crippen molar-refractivity contribution < 1.29 is 52.5 Å². The Hall–Kier alpha value is -0.440. The standard InChI is InChI=1S/C23H46O6.C18H38O5/c1-24-17-18-26-21-22-27-20-19-25-14-10-7-5-3-2-4-6-8-11-15-28-23-13-9-12-16-29-23;1-20-13-14-22-17-18-23-16-15-21-12-10-8-6-4-2-3-5-7-9-11-19/h23H,2-22H2,1H3;19H,2-18H2,1H3. The summed E-state index contributed by atoms with van der Waals surface area (Å²) in [6.07, 6.45) is 26.2. The van der Waals surface area contributed by atoms with Crippen molar-refractivity contribution in [1.82, 2.24) is 0 Å². The van der Waals surface area contributed by atoms with E-state index in [-0.39, 0.29) is 6.29 Å². The highest BCUT2D eigenvalue weighted by atomic mass is 16.7. The Bertz CT molecular complexity index is 591. The van der Waals surface area contributed by atoms with E-state index in [2.05, 4.69) is 0 Å². The summed E-state index contributed by atoms with van der Waals surface area (Å²) >= 11 is 0. The van der Waals surface area contributed by atoms with Gasteiger partial charge in [-0.3, -0.25) is 0 Å². The molecule has 0 aromatic carbocycles. The Morgan fingerprint density at radius 2 is 0.712 bits per heavy atom. The van der Waals surface area contributed by atoms with Crippen LogP contribution in [0.5, 0.6) is 0 Å². The maximum absolute atomic E-state index is 8.68. The summed E-state index contributed by atoms with van der Waals surface area (Å²) in [5.41, 5.74) is 0. The number of ether oxygens (including phenoxy) is 10. The van der Waals surface area contributed by atoms with Gasteiger partial charge in [0.1, 0.15) is 0 Å². The second-order valence-electron chi connectivity index (χ2n) is 13.4. The zero-order valence-corrected chi connectivity index (χ0v) is 34.0. The molecule has 0 aromatic heterocycles. The molecule has 1 atom stereocenters. The smallest absolute Gasteiger partial charge is 0.157 e. The van der Waals surface area contributed by atoms with Crippen molar-refractivity contribution in [3.8, 4) is 0 Å². The molecule has 1 aliphatic heterocycles. The topological polar surface area (TPSA) is 113 Å². The van der Waals surface area contributed by atoms with Crippen molar-refractivity contribution in [2.24, 2.45) is 0 Å². The fourth-order valence-corrected chi connectivity index (χ4v) is 5.52. The SMILES string of the molecule is COCCOCCOCCOCCCCCCCCCCCO.COCCOCCOCCOCCCCCCCCCCCOC1CCCCO1. The monoisotopic (exact) mass is 753 g/mol. The molecule has 0 bridgehead atoms. The molecule has 1 aliphatic rings. The lowest BCUT2D eigenvalue weighted by Crippen LogP contribution is -2.22. The van der Waals surface area contributed by atoms with Crippen LogP contribution in [-0.4, -0.2) is 138 Å². The van der Waals surface area contributed by atoms with Crippen LogP contribution in [0, 0.1) is 0 Å². The van der Waals surface area contributed by atoms with Gasteiger partial charge in [-0.1, -0.05) is 89.9 Å². The second kappa shape index (κ2) is 48.6. The summed E-state index contributed by atoms with van der Waals surface area (Å²) in [6, 6.07) is 0. The predicted molar refractivity (Wildman–Crippen MR) is 208 cm³/mol. The molecule has 0 saturated carbocycles. The van der Waals surface area contributed by atoms with E-state index in [9.17, 15) is 0 Å². The molecule has 0 radical (unpaired) electrons. The van der Waals surface area contributed by atoms with Gasteiger partial charge >= 0.3 is 0 Å². The summed E-state index contributed by atoms with van der Waals surface area (Å²) in [5.74, 6) is 0. The first-order valence-corrected chi connectivity index (χ1v) is 21.1. The molecular weight excluding hydrogens is 668 g/mol. The molecule has 1 saturated heterocycles. The molecule has 1 heterocycles. The van der Waals surface area contributed by atoms with Crippen molar-refractivity contribution >= 4 is 0 Å². The molecule has 0 amide bonds. The molecule has 0 aromatic rings. The molecule has 1 fully saturated rings. The van der Waals surface area contributed by atoms with Crippen LogP contribution in [-0.2, 0) is 47.4 Å². The minimum atomic E-state index is 0.0751. The van der Waals surface area contributed by atoms with Crippen molar-refractivity contribution in [1.29, 1.82) is 0 Å². The number of aliphatic hydroxyl groups is 1. The first-order valence-electron chi connectivity index (χ1n) is 21.1. The number of hydrogen-bond acceptors (Lipinski definition) is 11. The van der Waals surface area contributed by atoms with Crippen LogP contribution in [0.15, 0.2) is 0 Å². The summed E-state index contributed by atoms with van der Waals surface area (Å²) in [4.78, 5) is 0. The van der Waals surface area contributed by atoms with Gasteiger partial charge in [0.05, 0.1) is 79.3 Å².